The lowest BCUT2D eigenvalue weighted by Gasteiger charge is -2.34. The van der Waals surface area contributed by atoms with Gasteiger partial charge < -0.3 is 9.32 Å². The van der Waals surface area contributed by atoms with Crippen LogP contribution >= 0.6 is 0 Å². The van der Waals surface area contributed by atoms with Gasteiger partial charge in [0.2, 0.25) is 15.9 Å². The molecule has 4 rings (SSSR count). The molecule has 33 heavy (non-hydrogen) atoms. The fourth-order valence-corrected chi connectivity index (χ4v) is 5.00. The second kappa shape index (κ2) is 9.36. The molecule has 0 spiro atoms. The zero-order valence-electron chi connectivity index (χ0n) is 17.4. The van der Waals surface area contributed by atoms with Crippen LogP contribution in [0.3, 0.4) is 0 Å². The molecule has 0 aliphatic carbocycles. The number of aryl methyl sites for hydroxylation is 1. The van der Waals surface area contributed by atoms with Gasteiger partial charge in [-0.25, -0.2) is 26.6 Å². The number of carbonyl (C=O) groups is 1. The van der Waals surface area contributed by atoms with E-state index < -0.39 is 27.5 Å². The van der Waals surface area contributed by atoms with E-state index in [1.807, 2.05) is 0 Å². The van der Waals surface area contributed by atoms with Crippen LogP contribution in [0.25, 0.3) is 11.3 Å². The molecule has 3 aromatic rings. The van der Waals surface area contributed by atoms with Crippen LogP contribution in [0.1, 0.15) is 12.3 Å². The van der Waals surface area contributed by atoms with Gasteiger partial charge in [0.25, 0.3) is 0 Å². The Morgan fingerprint density at radius 1 is 0.970 bits per heavy atom. The lowest BCUT2D eigenvalue weighted by molar-refractivity contribution is -0.132. The molecule has 1 amide bonds. The quantitative estimate of drug-likeness (QED) is 0.542. The van der Waals surface area contributed by atoms with Gasteiger partial charge in [-0.2, -0.15) is 4.31 Å². The normalized spacial score (nSPS) is 15.1. The first kappa shape index (κ1) is 23.0. The van der Waals surface area contributed by atoms with Crippen molar-refractivity contribution < 1.29 is 30.8 Å². The molecule has 1 aromatic heterocycles. The second-order valence-corrected chi connectivity index (χ2v) is 9.39. The van der Waals surface area contributed by atoms with Gasteiger partial charge in [0.15, 0.2) is 11.7 Å². The summed E-state index contributed by atoms with van der Waals surface area (Å²) in [7, 11) is -3.77. The summed E-state index contributed by atoms with van der Waals surface area (Å²) in [5.74, 6) is -2.19. The number of oxazole rings is 1. The van der Waals surface area contributed by atoms with Crippen molar-refractivity contribution in [2.24, 2.45) is 0 Å². The van der Waals surface area contributed by atoms with Crippen LogP contribution in [0, 0.1) is 17.5 Å². The Kier molecular flexibility index (Phi) is 6.52. The number of hydrogen-bond donors (Lipinski definition) is 0. The summed E-state index contributed by atoms with van der Waals surface area (Å²) in [4.78, 5) is 18.1. The largest absolute Gasteiger partial charge is 0.441 e. The molecule has 0 unspecified atom stereocenters. The van der Waals surface area contributed by atoms with Crippen LogP contribution in [0.15, 0.2) is 58.0 Å². The summed E-state index contributed by atoms with van der Waals surface area (Å²) in [6, 6.07) is 8.05. The number of hydrogen-bond acceptors (Lipinski definition) is 5. The van der Waals surface area contributed by atoms with Crippen LogP contribution in [-0.4, -0.2) is 54.7 Å². The van der Waals surface area contributed by atoms with Gasteiger partial charge in [0, 0.05) is 39.0 Å². The summed E-state index contributed by atoms with van der Waals surface area (Å²) < 4.78 is 72.9. The molecule has 11 heteroatoms. The zero-order valence-corrected chi connectivity index (χ0v) is 18.2. The highest BCUT2D eigenvalue weighted by Gasteiger charge is 2.30. The third-order valence-electron chi connectivity index (χ3n) is 5.36. The van der Waals surface area contributed by atoms with Crippen LogP contribution in [0.2, 0.25) is 0 Å². The highest BCUT2D eigenvalue weighted by Crippen LogP contribution is 2.27. The van der Waals surface area contributed by atoms with E-state index in [2.05, 4.69) is 4.98 Å². The highest BCUT2D eigenvalue weighted by molar-refractivity contribution is 7.89. The molecule has 0 N–H and O–H groups in total. The molecule has 2 aromatic carbocycles. The smallest absolute Gasteiger partial charge is 0.243 e. The lowest BCUT2D eigenvalue weighted by Crippen LogP contribution is -2.50. The number of sulfonamides is 1. The van der Waals surface area contributed by atoms with Crippen molar-refractivity contribution in [3.05, 3.63) is 72.0 Å². The maximum absolute atomic E-state index is 13.9. The first-order valence-electron chi connectivity index (χ1n) is 10.2. The molecule has 0 saturated carbocycles. The van der Waals surface area contributed by atoms with E-state index in [9.17, 15) is 26.4 Å². The molecule has 0 radical (unpaired) electrons. The molecule has 0 bridgehead atoms. The fraction of sp³-hybridized carbons (Fsp3) is 0.273. The second-order valence-electron chi connectivity index (χ2n) is 7.45. The number of piperazine rings is 1. The third kappa shape index (κ3) is 4.93. The Bertz CT molecular complexity index is 1230. The molecule has 174 valence electrons. The van der Waals surface area contributed by atoms with Crippen molar-refractivity contribution >= 4 is 15.9 Å². The third-order valence-corrected chi connectivity index (χ3v) is 7.27. The molecule has 1 fully saturated rings. The Morgan fingerprint density at radius 2 is 1.61 bits per heavy atom. The predicted molar refractivity (Wildman–Crippen MR) is 112 cm³/mol. The summed E-state index contributed by atoms with van der Waals surface area (Å²) in [5, 5.41) is 0. The maximum atomic E-state index is 13.9. The number of benzene rings is 2. The van der Waals surface area contributed by atoms with E-state index in [4.69, 9.17) is 4.42 Å². The van der Waals surface area contributed by atoms with Gasteiger partial charge in [-0.3, -0.25) is 4.79 Å². The Labute approximate surface area is 188 Å². The van der Waals surface area contributed by atoms with Gasteiger partial charge in [-0.15, -0.1) is 0 Å². The lowest BCUT2D eigenvalue weighted by atomic mass is 10.1. The predicted octanol–water partition coefficient (Wildman–Crippen LogP) is 3.22. The van der Waals surface area contributed by atoms with Crippen LogP contribution < -0.4 is 0 Å². The van der Waals surface area contributed by atoms with E-state index in [1.54, 1.807) is 0 Å². The number of aromatic nitrogens is 1. The van der Waals surface area contributed by atoms with Crippen LogP contribution in [0.4, 0.5) is 13.2 Å². The summed E-state index contributed by atoms with van der Waals surface area (Å²) >= 11 is 0. The standard InChI is InChI=1S/C22H20F3N3O4S/c23-15-4-6-16(7-5-15)33(30,31)28-12-10-27(11-13-28)21(29)9-8-20-26-14-19(32-20)22-17(24)2-1-3-18(22)25/h1-7,14H,8-13H2. The van der Waals surface area contributed by atoms with Crippen molar-refractivity contribution in [3.8, 4) is 11.3 Å². The molecule has 2 heterocycles. The number of halogens is 3. The maximum Gasteiger partial charge on any atom is 0.243 e. The first-order chi connectivity index (χ1) is 15.8. The zero-order chi connectivity index (χ0) is 23.6. The minimum Gasteiger partial charge on any atom is -0.441 e. The number of nitrogens with zero attached hydrogens (tertiary/aromatic N) is 3. The molecule has 1 aliphatic heterocycles. The molecule has 0 atom stereocenters. The molecular weight excluding hydrogens is 459 g/mol. The Morgan fingerprint density at radius 3 is 2.24 bits per heavy atom. The van der Waals surface area contributed by atoms with Gasteiger partial charge in [0.1, 0.15) is 17.5 Å². The number of carbonyl (C=O) groups excluding carboxylic acids is 1. The van der Waals surface area contributed by atoms with Gasteiger partial charge in [-0.05, 0) is 36.4 Å². The van der Waals surface area contributed by atoms with Crippen LogP contribution in [0.5, 0.6) is 0 Å². The molecular formula is C22H20F3N3O4S. The highest BCUT2D eigenvalue weighted by atomic mass is 32.2. The van der Waals surface area contributed by atoms with Gasteiger partial charge in [0.05, 0.1) is 16.7 Å². The van der Waals surface area contributed by atoms with Crippen molar-refractivity contribution in [2.75, 3.05) is 26.2 Å². The topological polar surface area (TPSA) is 83.7 Å². The minimum absolute atomic E-state index is 0.00494. The SMILES string of the molecule is O=C(CCc1ncc(-c2c(F)cccc2F)o1)N1CCN(S(=O)(=O)c2ccc(F)cc2)CC1. The molecule has 1 aliphatic rings. The van der Waals surface area contributed by atoms with Gasteiger partial charge in [-0.1, -0.05) is 6.07 Å². The number of rotatable bonds is 6. The van der Waals surface area contributed by atoms with E-state index in [0.29, 0.717) is 0 Å². The Balaban J connectivity index is 1.32. The molecule has 7 nitrogen and oxygen atoms in total. The first-order valence-corrected chi connectivity index (χ1v) is 11.6. The summed E-state index contributed by atoms with van der Waals surface area (Å²) in [6.45, 7) is 0.634. The van der Waals surface area contributed by atoms with E-state index in [-0.39, 0.29) is 67.0 Å². The van der Waals surface area contributed by atoms with Crippen molar-refractivity contribution in [2.45, 2.75) is 17.7 Å². The minimum atomic E-state index is -3.77. The Hall–Kier alpha value is -3.18. The van der Waals surface area contributed by atoms with Crippen molar-refractivity contribution in [3.63, 3.8) is 0 Å². The number of amides is 1. The summed E-state index contributed by atoms with van der Waals surface area (Å²) in [5.41, 5.74) is -0.318. The van der Waals surface area contributed by atoms with E-state index in [1.165, 1.54) is 33.6 Å². The average molecular weight is 479 g/mol. The van der Waals surface area contributed by atoms with Gasteiger partial charge >= 0.3 is 0 Å². The van der Waals surface area contributed by atoms with Crippen LogP contribution in [-0.2, 0) is 21.2 Å². The van der Waals surface area contributed by atoms with E-state index >= 15 is 0 Å². The monoisotopic (exact) mass is 479 g/mol. The van der Waals surface area contributed by atoms with Crippen molar-refractivity contribution in [1.29, 1.82) is 0 Å². The molecule has 1 saturated heterocycles. The average Bonchev–Trinajstić information content (AvgIpc) is 3.26. The van der Waals surface area contributed by atoms with E-state index in [0.717, 1.165) is 24.3 Å². The summed E-state index contributed by atoms with van der Waals surface area (Å²) in [6.07, 6.45) is 1.38. The fourth-order valence-electron chi connectivity index (χ4n) is 3.58. The van der Waals surface area contributed by atoms with Crippen molar-refractivity contribution in [1.82, 2.24) is 14.2 Å².